The zero-order valence-corrected chi connectivity index (χ0v) is 10.0. The molecule has 3 aromatic heterocycles. The first-order valence-electron chi connectivity index (χ1n) is 5.62. The van der Waals surface area contributed by atoms with Crippen LogP contribution in [0.1, 0.15) is 10.6 Å². The maximum atomic E-state index is 11.9. The fourth-order valence-electron chi connectivity index (χ4n) is 1.74. The minimum absolute atomic E-state index is 0.120. The number of nitrogens with zero attached hydrogens (tertiary/aromatic N) is 3. The van der Waals surface area contributed by atoms with Crippen molar-refractivity contribution in [2.24, 2.45) is 0 Å². The number of amides is 1. The summed E-state index contributed by atoms with van der Waals surface area (Å²) in [4.78, 5) is 21.7. The van der Waals surface area contributed by atoms with E-state index in [1.165, 1.54) is 6.07 Å². The van der Waals surface area contributed by atoms with Gasteiger partial charge in [-0.2, -0.15) is 5.10 Å². The van der Waals surface area contributed by atoms with Crippen molar-refractivity contribution < 1.29 is 14.1 Å². The van der Waals surface area contributed by atoms with Gasteiger partial charge in [0.05, 0.1) is 11.6 Å². The van der Waals surface area contributed by atoms with Crippen molar-refractivity contribution in [3.63, 3.8) is 0 Å². The third-order valence-electron chi connectivity index (χ3n) is 2.65. The minimum Gasteiger partial charge on any atom is -0.395 e. The van der Waals surface area contributed by atoms with Crippen molar-refractivity contribution in [3.8, 4) is 0 Å². The van der Waals surface area contributed by atoms with Crippen LogP contribution >= 0.6 is 0 Å². The Labute approximate surface area is 111 Å². The molecule has 1 N–H and O–H groups in total. The zero-order chi connectivity index (χ0) is 14.1. The highest BCUT2D eigenvalue weighted by molar-refractivity contribution is 6.02. The van der Waals surface area contributed by atoms with E-state index in [1.54, 1.807) is 35.1 Å². The normalized spacial score (nSPS) is 10.6. The summed E-state index contributed by atoms with van der Waals surface area (Å²) in [5.74, 6) is -1.14. The lowest BCUT2D eigenvalue weighted by Crippen LogP contribution is -2.11. The molecule has 100 valence electrons. The highest BCUT2D eigenvalue weighted by Gasteiger charge is 2.17. The van der Waals surface area contributed by atoms with E-state index >= 15 is 0 Å². The van der Waals surface area contributed by atoms with E-state index in [0.717, 1.165) is 11.6 Å². The van der Waals surface area contributed by atoms with Crippen LogP contribution in [-0.2, 0) is 0 Å². The molecular weight excluding hydrogens is 264 g/mol. The second kappa shape index (κ2) is 4.50. The number of rotatable bonds is 3. The molecule has 1 amide bonds. The number of carbonyl (C=O) groups is 1. The summed E-state index contributed by atoms with van der Waals surface area (Å²) < 4.78 is 6.47. The molecule has 0 aliphatic carbocycles. The SMILES string of the molecule is O=C(Nc1ccn2nccc2c1)c1ccc([N+](=O)[O-])o1. The Morgan fingerprint density at radius 1 is 1.35 bits per heavy atom. The molecular formula is C12H8N4O4. The van der Waals surface area contributed by atoms with E-state index in [1.807, 2.05) is 0 Å². The minimum atomic E-state index is -0.699. The predicted molar refractivity (Wildman–Crippen MR) is 68.5 cm³/mol. The van der Waals surface area contributed by atoms with Crippen LogP contribution in [-0.4, -0.2) is 20.4 Å². The van der Waals surface area contributed by atoms with E-state index in [-0.39, 0.29) is 5.76 Å². The predicted octanol–water partition coefficient (Wildman–Crippen LogP) is 2.09. The lowest BCUT2D eigenvalue weighted by molar-refractivity contribution is -0.402. The van der Waals surface area contributed by atoms with Gasteiger partial charge in [0.25, 0.3) is 5.91 Å². The second-order valence-electron chi connectivity index (χ2n) is 3.97. The van der Waals surface area contributed by atoms with Crippen LogP contribution in [0.3, 0.4) is 0 Å². The lowest BCUT2D eigenvalue weighted by atomic mass is 10.3. The Kier molecular flexibility index (Phi) is 2.68. The number of hydrogen-bond acceptors (Lipinski definition) is 5. The highest BCUT2D eigenvalue weighted by Crippen LogP contribution is 2.18. The fourth-order valence-corrected chi connectivity index (χ4v) is 1.74. The van der Waals surface area contributed by atoms with Gasteiger partial charge in [0, 0.05) is 18.1 Å². The van der Waals surface area contributed by atoms with Crippen molar-refractivity contribution >= 4 is 23.0 Å². The van der Waals surface area contributed by atoms with Crippen LogP contribution in [0.15, 0.2) is 47.1 Å². The van der Waals surface area contributed by atoms with Crippen molar-refractivity contribution in [1.82, 2.24) is 9.61 Å². The molecule has 0 saturated heterocycles. The van der Waals surface area contributed by atoms with Gasteiger partial charge in [-0.3, -0.25) is 14.9 Å². The molecule has 0 radical (unpaired) electrons. The average Bonchev–Trinajstić information content (AvgIpc) is 3.07. The third kappa shape index (κ3) is 2.09. The Bertz CT molecular complexity index is 805. The number of nitrogens with one attached hydrogen (secondary N) is 1. The summed E-state index contributed by atoms with van der Waals surface area (Å²) in [6.45, 7) is 0. The quantitative estimate of drug-likeness (QED) is 0.580. The van der Waals surface area contributed by atoms with Crippen LogP contribution in [0.25, 0.3) is 5.52 Å². The smallest absolute Gasteiger partial charge is 0.395 e. The van der Waals surface area contributed by atoms with E-state index in [0.29, 0.717) is 5.69 Å². The average molecular weight is 272 g/mol. The molecule has 0 aromatic carbocycles. The number of furan rings is 1. The molecule has 0 aliphatic heterocycles. The summed E-state index contributed by atoms with van der Waals surface area (Å²) in [5, 5.41) is 17.1. The maximum Gasteiger partial charge on any atom is 0.433 e. The molecule has 8 heteroatoms. The monoisotopic (exact) mass is 272 g/mol. The molecule has 3 aromatic rings. The van der Waals surface area contributed by atoms with Gasteiger partial charge >= 0.3 is 5.88 Å². The number of pyridine rings is 1. The topological polar surface area (TPSA) is 103 Å². The van der Waals surface area contributed by atoms with Gasteiger partial charge in [-0.05, 0) is 24.3 Å². The van der Waals surface area contributed by atoms with Gasteiger partial charge < -0.3 is 9.73 Å². The van der Waals surface area contributed by atoms with Crippen LogP contribution < -0.4 is 5.32 Å². The number of fused-ring (bicyclic) bond motifs is 1. The Balaban J connectivity index is 1.82. The van der Waals surface area contributed by atoms with E-state index in [4.69, 9.17) is 4.42 Å². The molecule has 0 bridgehead atoms. The Hall–Kier alpha value is -3.16. The zero-order valence-electron chi connectivity index (χ0n) is 10.0. The molecule has 0 atom stereocenters. The summed E-state index contributed by atoms with van der Waals surface area (Å²) in [6, 6.07) is 7.56. The van der Waals surface area contributed by atoms with Gasteiger partial charge in [0.2, 0.25) is 0 Å². The van der Waals surface area contributed by atoms with E-state index in [9.17, 15) is 14.9 Å². The summed E-state index contributed by atoms with van der Waals surface area (Å²) in [5.41, 5.74) is 1.36. The third-order valence-corrected chi connectivity index (χ3v) is 2.65. The van der Waals surface area contributed by atoms with Crippen LogP contribution in [0.5, 0.6) is 0 Å². The van der Waals surface area contributed by atoms with Gasteiger partial charge in [-0.1, -0.05) is 0 Å². The molecule has 0 spiro atoms. The number of nitro groups is 1. The largest absolute Gasteiger partial charge is 0.433 e. The van der Waals surface area contributed by atoms with Crippen LogP contribution in [0.2, 0.25) is 0 Å². The van der Waals surface area contributed by atoms with E-state index < -0.39 is 16.7 Å². The van der Waals surface area contributed by atoms with Crippen molar-refractivity contribution in [3.05, 3.63) is 58.6 Å². The number of carbonyl (C=O) groups excluding carboxylic acids is 1. The van der Waals surface area contributed by atoms with Gasteiger partial charge in [0.1, 0.15) is 4.92 Å². The molecule has 8 nitrogen and oxygen atoms in total. The van der Waals surface area contributed by atoms with Crippen LogP contribution in [0.4, 0.5) is 11.6 Å². The van der Waals surface area contributed by atoms with Gasteiger partial charge in [0.15, 0.2) is 5.76 Å². The standard InChI is InChI=1S/C12H8N4O4/c17-12(10-1-2-11(20-10)16(18)19)14-8-4-6-15-9(7-8)3-5-13-15/h1-7H,(H,14,17). The van der Waals surface area contributed by atoms with E-state index in [2.05, 4.69) is 10.4 Å². The first kappa shape index (κ1) is 11.9. The first-order chi connectivity index (χ1) is 9.63. The first-order valence-corrected chi connectivity index (χ1v) is 5.62. The summed E-state index contributed by atoms with van der Waals surface area (Å²) in [7, 11) is 0. The van der Waals surface area contributed by atoms with Crippen molar-refractivity contribution in [2.45, 2.75) is 0 Å². The Morgan fingerprint density at radius 3 is 2.95 bits per heavy atom. The summed E-state index contributed by atoms with van der Waals surface area (Å²) >= 11 is 0. The molecule has 3 heterocycles. The second-order valence-corrected chi connectivity index (χ2v) is 3.97. The van der Waals surface area contributed by atoms with Gasteiger partial charge in [-0.15, -0.1) is 0 Å². The molecule has 0 aliphatic rings. The molecule has 0 saturated carbocycles. The number of hydrogen-bond donors (Lipinski definition) is 1. The summed E-state index contributed by atoms with van der Waals surface area (Å²) in [6.07, 6.45) is 3.33. The molecule has 0 unspecified atom stereocenters. The lowest BCUT2D eigenvalue weighted by Gasteiger charge is -2.03. The number of aromatic nitrogens is 2. The van der Waals surface area contributed by atoms with Crippen molar-refractivity contribution in [1.29, 1.82) is 0 Å². The molecule has 20 heavy (non-hydrogen) atoms. The van der Waals surface area contributed by atoms with Crippen molar-refractivity contribution in [2.75, 3.05) is 5.32 Å². The highest BCUT2D eigenvalue weighted by atomic mass is 16.6. The van der Waals surface area contributed by atoms with Crippen LogP contribution in [0, 0.1) is 10.1 Å². The number of anilines is 1. The Morgan fingerprint density at radius 2 is 2.20 bits per heavy atom. The van der Waals surface area contributed by atoms with Gasteiger partial charge in [-0.25, -0.2) is 4.52 Å². The molecule has 3 rings (SSSR count). The fraction of sp³-hybridized carbons (Fsp3) is 0. The maximum absolute atomic E-state index is 11.9. The molecule has 0 fully saturated rings.